The Hall–Kier alpha value is -0.740. The summed E-state index contributed by atoms with van der Waals surface area (Å²) in [5.74, 6) is -0.543. The van der Waals surface area contributed by atoms with Crippen LogP contribution in [0, 0.1) is 5.82 Å². The number of nitrogens with zero attached hydrogens (tertiary/aromatic N) is 1. The van der Waals surface area contributed by atoms with Gasteiger partial charge in [0.2, 0.25) is 0 Å². The van der Waals surface area contributed by atoms with E-state index in [4.69, 9.17) is 11.6 Å². The molecule has 1 aromatic rings. The van der Waals surface area contributed by atoms with Crippen LogP contribution in [0.2, 0.25) is 5.02 Å². The minimum absolute atomic E-state index is 0.0329. The molecule has 0 aliphatic heterocycles. The molecule has 0 saturated carbocycles. The van der Waals surface area contributed by atoms with Crippen LogP contribution in [0.5, 0.6) is 0 Å². The molecule has 1 atom stereocenters. The summed E-state index contributed by atoms with van der Waals surface area (Å²) in [4.78, 5) is 0. The van der Waals surface area contributed by atoms with E-state index in [2.05, 4.69) is 4.40 Å². The summed E-state index contributed by atoms with van der Waals surface area (Å²) in [6.07, 6.45) is 1.25. The molecule has 0 N–H and O–H groups in total. The monoisotopic (exact) mass is 261 g/mol. The van der Waals surface area contributed by atoms with E-state index in [1.807, 2.05) is 0 Å². The number of hydrogen-bond acceptors (Lipinski definition) is 1. The van der Waals surface area contributed by atoms with Gasteiger partial charge in [0.05, 0.1) is 9.77 Å². The molecule has 0 heterocycles. The molecule has 0 spiro atoms. The van der Waals surface area contributed by atoms with Gasteiger partial charge in [-0.05, 0) is 26.8 Å². The highest BCUT2D eigenvalue weighted by atomic mass is 35.5. The van der Waals surface area contributed by atoms with E-state index in [-0.39, 0.29) is 10.6 Å². The van der Waals surface area contributed by atoms with E-state index >= 15 is 0 Å². The third-order valence-corrected chi connectivity index (χ3v) is 3.43. The van der Waals surface area contributed by atoms with E-state index in [1.54, 1.807) is 26.8 Å². The van der Waals surface area contributed by atoms with E-state index < -0.39 is 21.5 Å². The van der Waals surface area contributed by atoms with Crippen molar-refractivity contribution in [2.45, 2.75) is 25.5 Å². The average molecular weight is 262 g/mol. The molecule has 0 aliphatic carbocycles. The molecule has 1 rings (SSSR count). The van der Waals surface area contributed by atoms with E-state index in [0.717, 1.165) is 0 Å². The van der Waals surface area contributed by atoms with Crippen molar-refractivity contribution >= 4 is 28.8 Å². The van der Waals surface area contributed by atoms with Gasteiger partial charge in [0.15, 0.2) is 5.82 Å². The highest BCUT2D eigenvalue weighted by Gasteiger charge is 2.18. The molecule has 0 bridgehead atoms. The zero-order valence-corrected chi connectivity index (χ0v) is 10.9. The zero-order chi connectivity index (χ0) is 12.3. The highest BCUT2D eigenvalue weighted by molar-refractivity contribution is 7.85. The topological polar surface area (TPSA) is 29.4 Å². The van der Waals surface area contributed by atoms with Crippen molar-refractivity contribution in [3.8, 4) is 0 Å². The van der Waals surface area contributed by atoms with Gasteiger partial charge >= 0.3 is 0 Å². The molecule has 0 amide bonds. The Balaban J connectivity index is 2.94. The van der Waals surface area contributed by atoms with Gasteiger partial charge in [-0.15, -0.1) is 0 Å². The predicted molar refractivity (Wildman–Crippen MR) is 66.9 cm³/mol. The molecular weight excluding hydrogens is 249 g/mol. The van der Waals surface area contributed by atoms with Crippen LogP contribution in [0.3, 0.4) is 0 Å². The molecule has 0 fully saturated rings. The lowest BCUT2D eigenvalue weighted by atomic mass is 10.2. The van der Waals surface area contributed by atoms with Crippen LogP contribution < -0.4 is 0 Å². The van der Waals surface area contributed by atoms with E-state index in [9.17, 15) is 8.60 Å². The first-order valence-corrected chi connectivity index (χ1v) is 6.21. The Morgan fingerprint density at radius 3 is 2.62 bits per heavy atom. The van der Waals surface area contributed by atoms with Crippen LogP contribution in [0.4, 0.5) is 4.39 Å². The first-order chi connectivity index (χ1) is 7.32. The predicted octanol–water partition coefficient (Wildman–Crippen LogP) is 3.36. The van der Waals surface area contributed by atoms with Crippen LogP contribution in [0.1, 0.15) is 26.3 Å². The first kappa shape index (κ1) is 13.3. The summed E-state index contributed by atoms with van der Waals surface area (Å²) < 4.78 is 28.4. The molecule has 88 valence electrons. The maximum Gasteiger partial charge on any atom is 0.150 e. The van der Waals surface area contributed by atoms with Gasteiger partial charge in [0.1, 0.15) is 11.0 Å². The fourth-order valence-corrected chi connectivity index (χ4v) is 1.59. The maximum absolute atomic E-state index is 13.4. The summed E-state index contributed by atoms with van der Waals surface area (Å²) in [6.45, 7) is 5.40. The number of rotatable bonds is 2. The van der Waals surface area contributed by atoms with E-state index in [1.165, 1.54) is 18.3 Å². The zero-order valence-electron chi connectivity index (χ0n) is 9.33. The van der Waals surface area contributed by atoms with Crippen LogP contribution >= 0.6 is 11.6 Å². The van der Waals surface area contributed by atoms with Gasteiger partial charge in [-0.2, -0.15) is 4.40 Å². The van der Waals surface area contributed by atoms with Crippen molar-refractivity contribution in [2.24, 2.45) is 4.40 Å². The molecule has 2 nitrogen and oxygen atoms in total. The normalized spacial score (nSPS) is 14.3. The first-order valence-electron chi connectivity index (χ1n) is 4.72. The fraction of sp³-hybridized carbons (Fsp3) is 0.364. The third-order valence-electron chi connectivity index (χ3n) is 1.79. The minimum Gasteiger partial charge on any atom is -0.234 e. The Bertz CT molecular complexity index is 440. The maximum atomic E-state index is 13.4. The average Bonchev–Trinajstić information content (AvgIpc) is 2.18. The quantitative estimate of drug-likeness (QED) is 0.751. The summed E-state index contributed by atoms with van der Waals surface area (Å²) in [6, 6.07) is 4.60. The Kier molecular flexibility index (Phi) is 4.21. The van der Waals surface area contributed by atoms with Crippen molar-refractivity contribution in [2.75, 3.05) is 0 Å². The van der Waals surface area contributed by atoms with Crippen LogP contribution in [0.25, 0.3) is 0 Å². The van der Waals surface area contributed by atoms with Gasteiger partial charge in [-0.25, -0.2) is 8.60 Å². The standard InChI is InChI=1S/C11H13ClFNOS/c1-11(2,3)16(15)14-7-8-5-4-6-9(12)10(8)13/h4-7H,1-3H3/t16-/m1/s1. The van der Waals surface area contributed by atoms with Crippen molar-refractivity contribution in [1.29, 1.82) is 0 Å². The molecule has 16 heavy (non-hydrogen) atoms. The Labute approximate surface area is 102 Å². The van der Waals surface area contributed by atoms with E-state index in [0.29, 0.717) is 0 Å². The largest absolute Gasteiger partial charge is 0.234 e. The molecule has 1 aromatic carbocycles. The van der Waals surface area contributed by atoms with Crippen LogP contribution in [0.15, 0.2) is 22.6 Å². The van der Waals surface area contributed by atoms with Crippen molar-refractivity contribution in [3.63, 3.8) is 0 Å². The lowest BCUT2D eigenvalue weighted by Crippen LogP contribution is -2.19. The van der Waals surface area contributed by atoms with Crippen LogP contribution in [-0.2, 0) is 11.0 Å². The van der Waals surface area contributed by atoms with Crippen molar-refractivity contribution < 1.29 is 8.60 Å². The van der Waals surface area contributed by atoms with Gasteiger partial charge in [0, 0.05) is 11.8 Å². The lowest BCUT2D eigenvalue weighted by molar-refractivity contribution is 0.626. The lowest BCUT2D eigenvalue weighted by Gasteiger charge is -2.12. The Morgan fingerprint density at radius 1 is 1.44 bits per heavy atom. The van der Waals surface area contributed by atoms with Gasteiger partial charge in [-0.3, -0.25) is 0 Å². The smallest absolute Gasteiger partial charge is 0.150 e. The van der Waals surface area contributed by atoms with Crippen molar-refractivity contribution in [1.82, 2.24) is 0 Å². The second-order valence-electron chi connectivity index (χ2n) is 4.24. The second kappa shape index (κ2) is 5.06. The number of hydrogen-bond donors (Lipinski definition) is 0. The fourth-order valence-electron chi connectivity index (χ4n) is 0.883. The third kappa shape index (κ3) is 3.39. The molecule has 0 aromatic heterocycles. The molecule has 5 heteroatoms. The highest BCUT2D eigenvalue weighted by Crippen LogP contribution is 2.17. The van der Waals surface area contributed by atoms with Gasteiger partial charge < -0.3 is 0 Å². The Morgan fingerprint density at radius 2 is 2.06 bits per heavy atom. The molecule has 0 unspecified atom stereocenters. The van der Waals surface area contributed by atoms with Gasteiger partial charge in [-0.1, -0.05) is 23.7 Å². The molecule has 0 radical (unpaired) electrons. The molecule has 0 saturated heterocycles. The summed E-state index contributed by atoms with van der Waals surface area (Å²) in [5.41, 5.74) is 0.241. The second-order valence-corrected chi connectivity index (χ2v) is 6.58. The summed E-state index contributed by atoms with van der Waals surface area (Å²) in [5, 5.41) is 0.0329. The summed E-state index contributed by atoms with van der Waals surface area (Å²) >= 11 is 5.61. The SMILES string of the molecule is CC(C)(C)[S@@](=O)N=Cc1cccc(Cl)c1F. The molecular formula is C11H13ClFNOS. The molecule has 0 aliphatic rings. The number of halogens is 2. The van der Waals surface area contributed by atoms with Crippen LogP contribution in [-0.4, -0.2) is 15.2 Å². The van der Waals surface area contributed by atoms with Gasteiger partial charge in [0.25, 0.3) is 0 Å². The van der Waals surface area contributed by atoms with Crippen molar-refractivity contribution in [3.05, 3.63) is 34.6 Å². The summed E-state index contributed by atoms with van der Waals surface area (Å²) in [7, 11) is -1.39. The number of benzene rings is 1. The minimum atomic E-state index is -1.39.